The second-order valence-electron chi connectivity index (χ2n) is 5.23. The van der Waals surface area contributed by atoms with Crippen molar-refractivity contribution in [3.8, 4) is 5.75 Å². The molecule has 24 heavy (non-hydrogen) atoms. The number of amides is 1. The van der Waals surface area contributed by atoms with Gasteiger partial charge in [0.2, 0.25) is 5.91 Å². The van der Waals surface area contributed by atoms with Gasteiger partial charge >= 0.3 is 5.97 Å². The van der Waals surface area contributed by atoms with Gasteiger partial charge in [0.15, 0.2) is 0 Å². The Kier molecular flexibility index (Phi) is 6.83. The Balaban J connectivity index is 1.74. The average Bonchev–Trinajstić information content (AvgIpc) is 2.62. The largest absolute Gasteiger partial charge is 0.493 e. The number of methoxy groups -OCH3 is 1. The first kappa shape index (κ1) is 17.5. The Morgan fingerprint density at radius 1 is 0.958 bits per heavy atom. The van der Waals surface area contributed by atoms with Crippen LogP contribution in [0.25, 0.3) is 0 Å². The third kappa shape index (κ3) is 6.12. The molecular formula is C19H21NO4. The van der Waals surface area contributed by atoms with Crippen molar-refractivity contribution in [3.05, 3.63) is 60.2 Å². The van der Waals surface area contributed by atoms with Gasteiger partial charge in [-0.05, 0) is 29.8 Å². The number of carbonyl (C=O) groups is 2. The van der Waals surface area contributed by atoms with Crippen LogP contribution in [0.15, 0.2) is 54.6 Å². The van der Waals surface area contributed by atoms with Crippen molar-refractivity contribution in [2.45, 2.75) is 19.3 Å². The predicted octanol–water partition coefficient (Wildman–Crippen LogP) is 3.20. The van der Waals surface area contributed by atoms with E-state index >= 15 is 0 Å². The summed E-state index contributed by atoms with van der Waals surface area (Å²) in [6.45, 7) is 0.592. The quantitative estimate of drug-likeness (QED) is 0.756. The molecule has 0 spiro atoms. The van der Waals surface area contributed by atoms with Crippen molar-refractivity contribution in [2.24, 2.45) is 0 Å². The fraction of sp³-hybridized carbons (Fsp3) is 0.263. The van der Waals surface area contributed by atoms with E-state index in [2.05, 4.69) is 22.2 Å². The summed E-state index contributed by atoms with van der Waals surface area (Å²) in [4.78, 5) is 22.7. The van der Waals surface area contributed by atoms with Crippen LogP contribution in [0, 0.1) is 0 Å². The molecule has 2 rings (SSSR count). The summed E-state index contributed by atoms with van der Waals surface area (Å²) in [6.07, 6.45) is 1.01. The zero-order valence-electron chi connectivity index (χ0n) is 13.7. The van der Waals surface area contributed by atoms with Crippen LogP contribution in [-0.4, -0.2) is 25.6 Å². The number of benzene rings is 2. The topological polar surface area (TPSA) is 64.6 Å². The van der Waals surface area contributed by atoms with Crippen molar-refractivity contribution in [2.75, 3.05) is 19.0 Å². The molecule has 2 aromatic rings. The van der Waals surface area contributed by atoms with Crippen molar-refractivity contribution >= 4 is 17.6 Å². The highest BCUT2D eigenvalue weighted by molar-refractivity contribution is 5.92. The highest BCUT2D eigenvalue weighted by atomic mass is 16.5. The predicted molar refractivity (Wildman–Crippen MR) is 92.0 cm³/mol. The van der Waals surface area contributed by atoms with E-state index in [9.17, 15) is 9.59 Å². The molecule has 0 atom stereocenters. The molecule has 0 unspecified atom stereocenters. The van der Waals surface area contributed by atoms with Gasteiger partial charge in [0.25, 0.3) is 0 Å². The smallest absolute Gasteiger partial charge is 0.306 e. The monoisotopic (exact) mass is 327 g/mol. The number of esters is 1. The standard InChI is InChI=1S/C19H21NO4/c1-23-19(22)12-11-18(21)20-16-7-9-17(10-8-16)24-14-13-15-5-3-2-4-6-15/h2-10H,11-14H2,1H3,(H,20,21). The first-order valence-electron chi connectivity index (χ1n) is 7.81. The summed E-state index contributed by atoms with van der Waals surface area (Å²) in [5.74, 6) is 0.129. The van der Waals surface area contributed by atoms with Crippen molar-refractivity contribution in [1.82, 2.24) is 0 Å². The summed E-state index contributed by atoms with van der Waals surface area (Å²) in [6, 6.07) is 17.3. The second kappa shape index (κ2) is 9.35. The Labute approximate surface area is 141 Å². The maximum Gasteiger partial charge on any atom is 0.306 e. The molecule has 2 aromatic carbocycles. The Morgan fingerprint density at radius 3 is 2.33 bits per heavy atom. The minimum Gasteiger partial charge on any atom is -0.493 e. The molecule has 1 amide bonds. The van der Waals surface area contributed by atoms with Crippen LogP contribution in [-0.2, 0) is 20.7 Å². The number of carbonyl (C=O) groups excluding carboxylic acids is 2. The minimum absolute atomic E-state index is 0.0724. The molecular weight excluding hydrogens is 306 g/mol. The lowest BCUT2D eigenvalue weighted by molar-refractivity contribution is -0.141. The number of anilines is 1. The molecule has 1 N–H and O–H groups in total. The highest BCUT2D eigenvalue weighted by Gasteiger charge is 2.07. The maximum absolute atomic E-state index is 11.7. The van der Waals surface area contributed by atoms with Crippen LogP contribution in [0.2, 0.25) is 0 Å². The van der Waals surface area contributed by atoms with Crippen LogP contribution in [0.5, 0.6) is 5.75 Å². The summed E-state index contributed by atoms with van der Waals surface area (Å²) >= 11 is 0. The number of nitrogens with one attached hydrogen (secondary N) is 1. The fourth-order valence-corrected chi connectivity index (χ4v) is 2.11. The summed E-state index contributed by atoms with van der Waals surface area (Å²) < 4.78 is 10.2. The lowest BCUT2D eigenvalue weighted by Gasteiger charge is -2.08. The van der Waals surface area contributed by atoms with Crippen LogP contribution in [0.1, 0.15) is 18.4 Å². The molecule has 0 radical (unpaired) electrons. The summed E-state index contributed by atoms with van der Waals surface area (Å²) in [7, 11) is 1.30. The summed E-state index contributed by atoms with van der Waals surface area (Å²) in [5.41, 5.74) is 1.90. The molecule has 5 nitrogen and oxygen atoms in total. The third-order valence-electron chi connectivity index (χ3n) is 3.42. The highest BCUT2D eigenvalue weighted by Crippen LogP contribution is 2.16. The zero-order chi connectivity index (χ0) is 17.2. The van der Waals surface area contributed by atoms with Crippen LogP contribution >= 0.6 is 0 Å². The van der Waals surface area contributed by atoms with Crippen molar-refractivity contribution in [1.29, 1.82) is 0 Å². The van der Waals surface area contributed by atoms with Gasteiger partial charge in [0.1, 0.15) is 5.75 Å². The van der Waals surface area contributed by atoms with Crippen LogP contribution in [0.4, 0.5) is 5.69 Å². The Bertz CT molecular complexity index is 653. The third-order valence-corrected chi connectivity index (χ3v) is 3.42. The van der Waals surface area contributed by atoms with E-state index in [0.717, 1.165) is 12.2 Å². The van der Waals surface area contributed by atoms with Gasteiger partial charge in [0.05, 0.1) is 20.1 Å². The van der Waals surface area contributed by atoms with Gasteiger partial charge in [-0.2, -0.15) is 0 Å². The van der Waals surface area contributed by atoms with Gasteiger partial charge in [-0.25, -0.2) is 0 Å². The lowest BCUT2D eigenvalue weighted by atomic mass is 10.2. The molecule has 0 aliphatic carbocycles. The molecule has 5 heteroatoms. The van der Waals surface area contributed by atoms with Crippen LogP contribution in [0.3, 0.4) is 0 Å². The van der Waals surface area contributed by atoms with Gasteiger partial charge in [-0.1, -0.05) is 30.3 Å². The number of hydrogen-bond donors (Lipinski definition) is 1. The molecule has 0 aromatic heterocycles. The van der Waals surface area contributed by atoms with Gasteiger partial charge in [-0.15, -0.1) is 0 Å². The number of hydrogen-bond acceptors (Lipinski definition) is 4. The number of rotatable bonds is 8. The van der Waals surface area contributed by atoms with E-state index in [4.69, 9.17) is 4.74 Å². The molecule has 0 aliphatic heterocycles. The fourth-order valence-electron chi connectivity index (χ4n) is 2.11. The lowest BCUT2D eigenvalue weighted by Crippen LogP contribution is -2.13. The summed E-state index contributed by atoms with van der Waals surface area (Å²) in [5, 5.41) is 2.73. The molecule has 126 valence electrons. The normalized spacial score (nSPS) is 10.0. The van der Waals surface area contributed by atoms with Gasteiger partial charge in [0, 0.05) is 18.5 Å². The molecule has 0 fully saturated rings. The van der Waals surface area contributed by atoms with E-state index in [1.165, 1.54) is 12.7 Å². The number of ether oxygens (including phenoxy) is 2. The molecule has 0 aliphatic rings. The van der Waals surface area contributed by atoms with E-state index in [1.807, 2.05) is 18.2 Å². The van der Waals surface area contributed by atoms with E-state index in [1.54, 1.807) is 24.3 Å². The first-order chi connectivity index (χ1) is 11.7. The van der Waals surface area contributed by atoms with Crippen LogP contribution < -0.4 is 10.1 Å². The molecule has 0 bridgehead atoms. The molecule has 0 heterocycles. The van der Waals surface area contributed by atoms with Gasteiger partial charge in [-0.3, -0.25) is 9.59 Å². The average molecular weight is 327 g/mol. The maximum atomic E-state index is 11.7. The van der Waals surface area contributed by atoms with E-state index < -0.39 is 5.97 Å². The zero-order valence-corrected chi connectivity index (χ0v) is 13.7. The van der Waals surface area contributed by atoms with E-state index in [0.29, 0.717) is 12.3 Å². The SMILES string of the molecule is COC(=O)CCC(=O)Nc1ccc(OCCc2ccccc2)cc1. The Hall–Kier alpha value is -2.82. The second-order valence-corrected chi connectivity index (χ2v) is 5.23. The first-order valence-corrected chi connectivity index (χ1v) is 7.81. The van der Waals surface area contributed by atoms with Gasteiger partial charge < -0.3 is 14.8 Å². The van der Waals surface area contributed by atoms with Crippen molar-refractivity contribution < 1.29 is 19.1 Å². The Morgan fingerprint density at radius 2 is 1.67 bits per heavy atom. The van der Waals surface area contributed by atoms with E-state index in [-0.39, 0.29) is 18.7 Å². The van der Waals surface area contributed by atoms with Crippen molar-refractivity contribution in [3.63, 3.8) is 0 Å². The minimum atomic E-state index is -0.396. The molecule has 0 saturated heterocycles. The molecule has 0 saturated carbocycles.